The fraction of sp³-hybridized carbons (Fsp3) is 0.219. The molecule has 0 spiro atoms. The van der Waals surface area contributed by atoms with Gasteiger partial charge in [-0.2, -0.15) is 0 Å². The summed E-state index contributed by atoms with van der Waals surface area (Å²) in [7, 11) is 1.54. The molecule has 12 nitrogen and oxygen atoms in total. The molecule has 3 atom stereocenters. The number of carboxylic acid groups (broad SMARTS) is 2. The van der Waals surface area contributed by atoms with Crippen LogP contribution in [0.1, 0.15) is 46.1 Å². The number of nitrogens with one attached hydrogen (secondary N) is 2. The standard InChI is InChI=1S/C32H28N4O8/c1-44-18-8-6-7-17(15-18)28-27-21(19-9-2-4-11-22(19)33-27)16-25-30(40)36(32(43)35(25)28)24-12-5-3-10-20(24)29(39)34-23(31(41)42)13-14-26(37)38/h2-12,15,23,25,28,33H,13-14,16H2,1H3,(H,34,39)(H,37,38)(H,41,42)/t23-,25+,28+/m1/s1. The topological polar surface area (TPSA) is 169 Å². The van der Waals surface area contributed by atoms with Gasteiger partial charge in [-0.15, -0.1) is 0 Å². The molecule has 12 heteroatoms. The van der Waals surface area contributed by atoms with Gasteiger partial charge in [0.25, 0.3) is 11.8 Å². The number of carboxylic acids is 2. The van der Waals surface area contributed by atoms with Crippen LogP contribution in [0.15, 0.2) is 72.8 Å². The minimum absolute atomic E-state index is 0.00492. The third-order valence-corrected chi connectivity index (χ3v) is 8.10. The number of ether oxygens (including phenoxy) is 1. The van der Waals surface area contributed by atoms with Gasteiger partial charge in [0, 0.05) is 29.4 Å². The molecule has 0 bridgehead atoms. The first-order chi connectivity index (χ1) is 21.2. The first-order valence-corrected chi connectivity index (χ1v) is 13.9. The van der Waals surface area contributed by atoms with E-state index in [0.29, 0.717) is 5.75 Å². The zero-order valence-electron chi connectivity index (χ0n) is 23.5. The SMILES string of the molecule is COc1cccc([C@H]2c3[nH]c4ccccc4c3C[C@H]3C(=O)N(c4ccccc4C(=O)N[C@H](CCC(=O)O)C(=O)O)C(=O)N23)c1. The van der Waals surface area contributed by atoms with Crippen LogP contribution in [0.2, 0.25) is 0 Å². The number of aromatic nitrogens is 1. The number of carbonyl (C=O) groups excluding carboxylic acids is 3. The molecule has 2 aliphatic heterocycles. The number of nitrogens with zero attached hydrogens (tertiary/aromatic N) is 2. The van der Waals surface area contributed by atoms with Crippen molar-refractivity contribution in [2.24, 2.45) is 0 Å². The van der Waals surface area contributed by atoms with Gasteiger partial charge < -0.3 is 25.3 Å². The highest BCUT2D eigenvalue weighted by Gasteiger charge is 2.53. The van der Waals surface area contributed by atoms with Gasteiger partial charge in [0.05, 0.1) is 18.4 Å². The number of amides is 4. The normalized spacial score (nSPS) is 18.1. The number of hydrogen-bond acceptors (Lipinski definition) is 6. The number of benzene rings is 3. The number of aromatic amines is 1. The molecule has 0 unspecified atom stereocenters. The lowest BCUT2D eigenvalue weighted by Gasteiger charge is -2.36. The average Bonchev–Trinajstić information content (AvgIpc) is 3.51. The summed E-state index contributed by atoms with van der Waals surface area (Å²) in [5.41, 5.74) is 3.17. The predicted molar refractivity (Wildman–Crippen MR) is 158 cm³/mol. The fourth-order valence-corrected chi connectivity index (χ4v) is 6.08. The van der Waals surface area contributed by atoms with E-state index in [1.165, 1.54) is 23.1 Å². The Kier molecular flexibility index (Phi) is 7.25. The van der Waals surface area contributed by atoms with Crippen LogP contribution >= 0.6 is 0 Å². The molecule has 2 aliphatic rings. The van der Waals surface area contributed by atoms with Gasteiger partial charge in [0.2, 0.25) is 0 Å². The molecule has 0 saturated carbocycles. The van der Waals surface area contributed by atoms with Crippen LogP contribution in [-0.2, 0) is 20.8 Å². The molecule has 0 radical (unpaired) electrons. The molecule has 1 fully saturated rings. The zero-order chi connectivity index (χ0) is 31.1. The van der Waals surface area contributed by atoms with Crippen LogP contribution in [0.25, 0.3) is 10.9 Å². The number of hydrogen-bond donors (Lipinski definition) is 4. The number of urea groups is 1. The summed E-state index contributed by atoms with van der Waals surface area (Å²) in [5, 5.41) is 21.8. The Bertz CT molecular complexity index is 1830. The summed E-state index contributed by atoms with van der Waals surface area (Å²) in [6.45, 7) is 0. The summed E-state index contributed by atoms with van der Waals surface area (Å²) in [6, 6.07) is 17.2. The zero-order valence-corrected chi connectivity index (χ0v) is 23.5. The maximum atomic E-state index is 14.3. The van der Waals surface area contributed by atoms with E-state index in [9.17, 15) is 29.1 Å². The van der Waals surface area contributed by atoms with E-state index in [1.807, 2.05) is 42.5 Å². The number of H-pyrrole nitrogens is 1. The molecule has 3 heterocycles. The summed E-state index contributed by atoms with van der Waals surface area (Å²) in [4.78, 5) is 70.5. The predicted octanol–water partition coefficient (Wildman–Crippen LogP) is 3.71. The second kappa shape index (κ2) is 11.2. The molecule has 4 N–H and O–H groups in total. The van der Waals surface area contributed by atoms with Crippen LogP contribution in [0, 0.1) is 0 Å². The molecule has 3 aromatic carbocycles. The van der Waals surface area contributed by atoms with E-state index in [-0.39, 0.29) is 24.1 Å². The summed E-state index contributed by atoms with van der Waals surface area (Å²) in [6.07, 6.45) is -0.575. The largest absolute Gasteiger partial charge is 0.497 e. The monoisotopic (exact) mass is 596 g/mol. The van der Waals surface area contributed by atoms with E-state index in [2.05, 4.69) is 10.3 Å². The average molecular weight is 597 g/mol. The van der Waals surface area contributed by atoms with Crippen molar-refractivity contribution in [1.29, 1.82) is 0 Å². The van der Waals surface area contributed by atoms with Gasteiger partial charge in [-0.3, -0.25) is 19.3 Å². The minimum atomic E-state index is -1.49. The maximum absolute atomic E-state index is 14.3. The quantitative estimate of drug-likeness (QED) is 0.212. The van der Waals surface area contributed by atoms with Crippen molar-refractivity contribution < 1.29 is 38.9 Å². The molecule has 4 aromatic rings. The molecule has 1 saturated heterocycles. The summed E-state index contributed by atoms with van der Waals surface area (Å²) >= 11 is 0. The molecule has 224 valence electrons. The number of methoxy groups -OCH3 is 1. The van der Waals surface area contributed by atoms with E-state index in [0.717, 1.165) is 32.6 Å². The van der Waals surface area contributed by atoms with Gasteiger partial charge >= 0.3 is 18.0 Å². The van der Waals surface area contributed by atoms with Crippen molar-refractivity contribution in [2.75, 3.05) is 12.0 Å². The number of imide groups is 1. The van der Waals surface area contributed by atoms with Crippen LogP contribution in [0.4, 0.5) is 10.5 Å². The number of anilines is 1. The first kappa shape index (κ1) is 28.5. The van der Waals surface area contributed by atoms with Crippen molar-refractivity contribution in [3.05, 3.63) is 95.2 Å². The van der Waals surface area contributed by atoms with Crippen molar-refractivity contribution in [1.82, 2.24) is 15.2 Å². The maximum Gasteiger partial charge on any atom is 0.332 e. The number of rotatable bonds is 9. The Hall–Kier alpha value is -5.65. The van der Waals surface area contributed by atoms with Gasteiger partial charge in [0.15, 0.2) is 0 Å². The van der Waals surface area contributed by atoms with Crippen molar-refractivity contribution >= 4 is 46.4 Å². The second-order valence-corrected chi connectivity index (χ2v) is 10.6. The van der Waals surface area contributed by atoms with Gasteiger partial charge in [-0.05, 0) is 47.9 Å². The van der Waals surface area contributed by atoms with Crippen LogP contribution in [0.3, 0.4) is 0 Å². The lowest BCUT2D eigenvalue weighted by Crippen LogP contribution is -2.44. The van der Waals surface area contributed by atoms with Gasteiger partial charge in [-0.1, -0.05) is 42.5 Å². The number of fused-ring (bicyclic) bond motifs is 4. The Balaban J connectivity index is 1.41. The van der Waals surface area contributed by atoms with E-state index >= 15 is 0 Å². The van der Waals surface area contributed by atoms with Crippen molar-refractivity contribution in [3.63, 3.8) is 0 Å². The Morgan fingerprint density at radius 3 is 2.52 bits per heavy atom. The second-order valence-electron chi connectivity index (χ2n) is 10.6. The highest BCUT2D eigenvalue weighted by atomic mass is 16.5. The molecule has 44 heavy (non-hydrogen) atoms. The minimum Gasteiger partial charge on any atom is -0.497 e. The first-order valence-electron chi connectivity index (χ1n) is 13.9. The number of para-hydroxylation sites is 2. The Morgan fingerprint density at radius 2 is 1.77 bits per heavy atom. The molecule has 1 aromatic heterocycles. The van der Waals surface area contributed by atoms with Gasteiger partial charge in [-0.25, -0.2) is 14.5 Å². The lowest BCUT2D eigenvalue weighted by atomic mass is 9.89. The van der Waals surface area contributed by atoms with Crippen LogP contribution < -0.4 is 15.0 Å². The molecular formula is C32H28N4O8. The molecule has 0 aliphatic carbocycles. The highest BCUT2D eigenvalue weighted by Crippen LogP contribution is 2.45. The summed E-state index contributed by atoms with van der Waals surface area (Å²) in [5.74, 6) is -3.42. The smallest absolute Gasteiger partial charge is 0.332 e. The third kappa shape index (κ3) is 4.79. The Labute approximate surface area is 250 Å². The fourth-order valence-electron chi connectivity index (χ4n) is 6.08. The van der Waals surface area contributed by atoms with E-state index in [1.54, 1.807) is 19.2 Å². The van der Waals surface area contributed by atoms with E-state index in [4.69, 9.17) is 9.84 Å². The van der Waals surface area contributed by atoms with E-state index < -0.39 is 54.3 Å². The number of aliphatic carboxylic acids is 2. The Morgan fingerprint density at radius 1 is 1.02 bits per heavy atom. The van der Waals surface area contributed by atoms with Crippen LogP contribution in [0.5, 0.6) is 5.75 Å². The highest BCUT2D eigenvalue weighted by molar-refractivity contribution is 6.24. The molecular weight excluding hydrogens is 568 g/mol. The lowest BCUT2D eigenvalue weighted by molar-refractivity contribution is -0.140. The van der Waals surface area contributed by atoms with Crippen molar-refractivity contribution in [3.8, 4) is 5.75 Å². The van der Waals surface area contributed by atoms with Crippen LogP contribution in [-0.4, -0.2) is 69.1 Å². The third-order valence-electron chi connectivity index (χ3n) is 8.10. The van der Waals surface area contributed by atoms with Crippen molar-refractivity contribution in [2.45, 2.75) is 37.4 Å². The van der Waals surface area contributed by atoms with Gasteiger partial charge in [0.1, 0.15) is 23.9 Å². The molecule has 4 amide bonds. The summed E-state index contributed by atoms with van der Waals surface area (Å²) < 4.78 is 5.45. The number of carbonyl (C=O) groups is 5. The molecule has 6 rings (SSSR count).